The second-order valence-corrected chi connectivity index (χ2v) is 5.90. The lowest BCUT2D eigenvalue weighted by atomic mass is 10.1. The van der Waals surface area contributed by atoms with E-state index in [9.17, 15) is 4.20 Å². The van der Waals surface area contributed by atoms with Crippen LogP contribution in [0.3, 0.4) is 0 Å². The van der Waals surface area contributed by atoms with Gasteiger partial charge in [0.15, 0.2) is 0 Å². The van der Waals surface area contributed by atoms with Gasteiger partial charge in [-0.15, -0.1) is 4.20 Å². The van der Waals surface area contributed by atoms with Crippen molar-refractivity contribution in [2.24, 2.45) is 0 Å². The molecular formula is C18H22FO2P. The number of aryl methyl sites for hydroxylation is 2. The molecule has 0 saturated heterocycles. The highest BCUT2D eigenvalue weighted by atomic mass is 31.2. The average molecular weight is 320 g/mol. The number of hydrogen-bond donors (Lipinski definition) is 0. The van der Waals surface area contributed by atoms with E-state index in [1.165, 1.54) is 0 Å². The third-order valence-electron chi connectivity index (χ3n) is 3.32. The Balaban J connectivity index is 2.06. The van der Waals surface area contributed by atoms with E-state index in [4.69, 9.17) is 9.05 Å². The van der Waals surface area contributed by atoms with Crippen molar-refractivity contribution in [3.8, 4) is 11.5 Å². The van der Waals surface area contributed by atoms with E-state index in [2.05, 4.69) is 13.8 Å². The van der Waals surface area contributed by atoms with Gasteiger partial charge in [0.05, 0.1) is 0 Å². The van der Waals surface area contributed by atoms with Crippen LogP contribution in [-0.4, -0.2) is 0 Å². The van der Waals surface area contributed by atoms with Gasteiger partial charge in [0.25, 0.3) is 0 Å². The van der Waals surface area contributed by atoms with Gasteiger partial charge in [-0.1, -0.05) is 63.1 Å². The van der Waals surface area contributed by atoms with E-state index in [-0.39, 0.29) is 0 Å². The zero-order valence-electron chi connectivity index (χ0n) is 13.1. The van der Waals surface area contributed by atoms with Crippen LogP contribution in [0.25, 0.3) is 0 Å². The first kappa shape index (κ1) is 16.8. The Hall–Kier alpha value is -1.60. The van der Waals surface area contributed by atoms with Crippen LogP contribution in [-0.2, 0) is 12.8 Å². The predicted octanol–water partition coefficient (Wildman–Crippen LogP) is 6.25. The molecule has 0 saturated carbocycles. The van der Waals surface area contributed by atoms with Crippen molar-refractivity contribution >= 4 is 8.69 Å². The molecule has 0 aromatic heterocycles. The van der Waals surface area contributed by atoms with Gasteiger partial charge in [-0.2, -0.15) is 0 Å². The van der Waals surface area contributed by atoms with Crippen LogP contribution in [0, 0.1) is 0 Å². The Morgan fingerprint density at radius 2 is 1.18 bits per heavy atom. The first-order valence-electron chi connectivity index (χ1n) is 7.72. The molecule has 0 spiro atoms. The van der Waals surface area contributed by atoms with Crippen LogP contribution in [0.15, 0.2) is 48.5 Å². The van der Waals surface area contributed by atoms with Crippen LogP contribution in [0.4, 0.5) is 4.20 Å². The van der Waals surface area contributed by atoms with Crippen LogP contribution >= 0.6 is 8.69 Å². The summed E-state index contributed by atoms with van der Waals surface area (Å²) >= 11 is 0. The second-order valence-electron chi connectivity index (χ2n) is 5.11. The monoisotopic (exact) mass is 320 g/mol. The molecule has 0 aliphatic heterocycles. The maximum atomic E-state index is 14.2. The lowest BCUT2D eigenvalue weighted by molar-refractivity contribution is 0.434. The maximum absolute atomic E-state index is 14.2. The standard InChI is InChI=1S/C18H22FO2P/c1-3-9-15-11-5-7-13-17(15)20-22(19)21-18-14-8-6-12-16(18)10-4-2/h5-8,11-14H,3-4,9-10H2,1-2H3. The molecule has 0 unspecified atom stereocenters. The van der Waals surface area contributed by atoms with Crippen molar-refractivity contribution in [2.75, 3.05) is 0 Å². The summed E-state index contributed by atoms with van der Waals surface area (Å²) in [6.07, 6.45) is 3.72. The quantitative estimate of drug-likeness (QED) is 0.535. The minimum Gasteiger partial charge on any atom is -0.414 e. The van der Waals surface area contributed by atoms with Crippen molar-refractivity contribution < 1.29 is 13.2 Å². The van der Waals surface area contributed by atoms with Gasteiger partial charge in [-0.25, -0.2) is 0 Å². The van der Waals surface area contributed by atoms with E-state index in [0.29, 0.717) is 11.5 Å². The number of hydrogen-bond acceptors (Lipinski definition) is 2. The molecule has 0 atom stereocenters. The molecule has 118 valence electrons. The average Bonchev–Trinajstić information content (AvgIpc) is 2.52. The number of halogens is 1. The summed E-state index contributed by atoms with van der Waals surface area (Å²) in [7, 11) is -2.49. The molecule has 2 aromatic rings. The zero-order valence-corrected chi connectivity index (χ0v) is 14.0. The second kappa shape index (κ2) is 8.75. The molecule has 0 fully saturated rings. The van der Waals surface area contributed by atoms with E-state index >= 15 is 0 Å². The van der Waals surface area contributed by atoms with E-state index in [0.717, 1.165) is 36.8 Å². The van der Waals surface area contributed by atoms with Gasteiger partial charge in [0.1, 0.15) is 11.5 Å². The summed E-state index contributed by atoms with van der Waals surface area (Å²) < 4.78 is 25.1. The predicted molar refractivity (Wildman–Crippen MR) is 90.2 cm³/mol. The molecule has 2 aromatic carbocycles. The highest BCUT2D eigenvalue weighted by Crippen LogP contribution is 2.43. The third-order valence-corrected chi connectivity index (χ3v) is 4.00. The Kier molecular flexibility index (Phi) is 6.67. The maximum Gasteiger partial charge on any atom is 0.505 e. The van der Waals surface area contributed by atoms with Crippen molar-refractivity contribution in [3.05, 3.63) is 59.7 Å². The molecule has 0 heterocycles. The smallest absolute Gasteiger partial charge is 0.414 e. The topological polar surface area (TPSA) is 18.5 Å². The van der Waals surface area contributed by atoms with Gasteiger partial charge in [0, 0.05) is 0 Å². The Morgan fingerprint density at radius 3 is 1.59 bits per heavy atom. The third kappa shape index (κ3) is 4.71. The molecule has 0 aliphatic carbocycles. The molecule has 0 aliphatic rings. The fraction of sp³-hybridized carbons (Fsp3) is 0.333. The van der Waals surface area contributed by atoms with Crippen molar-refractivity contribution in [1.82, 2.24) is 0 Å². The molecule has 4 heteroatoms. The molecule has 22 heavy (non-hydrogen) atoms. The van der Waals surface area contributed by atoms with E-state index < -0.39 is 8.69 Å². The fourth-order valence-electron chi connectivity index (χ4n) is 2.31. The largest absolute Gasteiger partial charge is 0.505 e. The van der Waals surface area contributed by atoms with Crippen LogP contribution in [0.2, 0.25) is 0 Å². The normalized spacial score (nSPS) is 10.7. The molecule has 0 amide bonds. The first-order valence-corrected chi connectivity index (χ1v) is 8.79. The molecule has 0 N–H and O–H groups in total. The summed E-state index contributed by atoms with van der Waals surface area (Å²) in [6, 6.07) is 15.1. The van der Waals surface area contributed by atoms with E-state index in [1.807, 2.05) is 36.4 Å². The summed E-state index contributed by atoms with van der Waals surface area (Å²) in [5.41, 5.74) is 2.03. The molecular weight excluding hydrogens is 298 g/mol. The molecule has 0 radical (unpaired) electrons. The van der Waals surface area contributed by atoms with Gasteiger partial charge < -0.3 is 9.05 Å². The molecule has 2 nitrogen and oxygen atoms in total. The Labute approximate surface area is 133 Å². The lowest BCUT2D eigenvalue weighted by Crippen LogP contribution is -1.97. The first-order chi connectivity index (χ1) is 10.7. The summed E-state index contributed by atoms with van der Waals surface area (Å²) in [5.74, 6) is 1.15. The molecule has 2 rings (SSSR count). The van der Waals surface area contributed by atoms with Gasteiger partial charge in [-0.05, 0) is 36.1 Å². The van der Waals surface area contributed by atoms with E-state index in [1.54, 1.807) is 12.1 Å². The lowest BCUT2D eigenvalue weighted by Gasteiger charge is -2.15. The zero-order chi connectivity index (χ0) is 15.8. The number of rotatable bonds is 8. The van der Waals surface area contributed by atoms with Crippen molar-refractivity contribution in [3.63, 3.8) is 0 Å². The van der Waals surface area contributed by atoms with Crippen molar-refractivity contribution in [2.45, 2.75) is 39.5 Å². The van der Waals surface area contributed by atoms with Gasteiger partial charge in [-0.3, -0.25) is 0 Å². The van der Waals surface area contributed by atoms with Crippen LogP contribution in [0.1, 0.15) is 37.8 Å². The summed E-state index contributed by atoms with van der Waals surface area (Å²) in [5, 5.41) is 0. The number of benzene rings is 2. The minimum absolute atomic E-state index is 0.575. The summed E-state index contributed by atoms with van der Waals surface area (Å²) in [4.78, 5) is 0. The SMILES string of the molecule is CCCc1ccccc1OP(F)Oc1ccccc1CCC. The van der Waals surface area contributed by atoms with Crippen LogP contribution < -0.4 is 9.05 Å². The number of para-hydroxylation sites is 2. The highest BCUT2D eigenvalue weighted by molar-refractivity contribution is 7.42. The minimum atomic E-state index is -2.49. The molecule has 0 bridgehead atoms. The fourth-order valence-corrected chi connectivity index (χ4v) is 3.01. The highest BCUT2D eigenvalue weighted by Gasteiger charge is 2.17. The van der Waals surface area contributed by atoms with Crippen molar-refractivity contribution in [1.29, 1.82) is 0 Å². The Bertz CT molecular complexity index is 537. The van der Waals surface area contributed by atoms with Crippen LogP contribution in [0.5, 0.6) is 11.5 Å². The summed E-state index contributed by atoms with van der Waals surface area (Å²) in [6.45, 7) is 4.18. The Morgan fingerprint density at radius 1 is 0.773 bits per heavy atom. The van der Waals surface area contributed by atoms with Gasteiger partial charge in [0.2, 0.25) is 0 Å². The van der Waals surface area contributed by atoms with Gasteiger partial charge >= 0.3 is 8.69 Å².